The fraction of sp³-hybridized carbons (Fsp3) is 0.130. The molecule has 0 amide bonds. The topological polar surface area (TPSA) is 0 Å². The Morgan fingerprint density at radius 2 is 0.304 bits per heavy atom. The van der Waals surface area contributed by atoms with Crippen LogP contribution in [0.2, 0.25) is 0 Å². The minimum absolute atomic E-state index is 0.0817. The summed E-state index contributed by atoms with van der Waals surface area (Å²) in [6.45, 7) is 0. The van der Waals surface area contributed by atoms with Crippen molar-refractivity contribution >= 4 is 291 Å². The van der Waals surface area contributed by atoms with E-state index in [1.54, 1.807) is 291 Å². The predicted molar refractivity (Wildman–Crippen MR) is 291 cm³/mol. The second kappa shape index (κ2) is 5.54. The Balaban J connectivity index is 1.18. The molecule has 1 saturated carbocycles. The summed E-state index contributed by atoms with van der Waals surface area (Å²) in [5.41, 5.74) is 11.3. The minimum atomic E-state index is -0.0817. The van der Waals surface area contributed by atoms with Gasteiger partial charge in [-0.1, -0.05) is 11.1 Å². The minimum Gasteiger partial charge on any atom is -0.0663 e. The van der Waals surface area contributed by atoms with Crippen molar-refractivity contribution < 1.29 is 0 Å². The molecule has 0 saturated heterocycles. The van der Waals surface area contributed by atoms with Gasteiger partial charge in [-0.15, -0.1) is 0 Å². The summed E-state index contributed by atoms with van der Waals surface area (Å²) in [5.74, 6) is 1.59. The van der Waals surface area contributed by atoms with Crippen LogP contribution in [0.3, 0.4) is 0 Å². The lowest BCUT2D eigenvalue weighted by atomic mass is 9.43. The zero-order chi connectivity index (χ0) is 40.3. The predicted octanol–water partition coefficient (Wildman–Crippen LogP) is 18.8. The number of rotatable bonds is 0. The van der Waals surface area contributed by atoms with Gasteiger partial charge in [-0.3, -0.25) is 0 Å². The zero-order valence-electron chi connectivity index (χ0n) is 35.7. The van der Waals surface area contributed by atoms with E-state index in [9.17, 15) is 0 Å². The highest BCUT2D eigenvalue weighted by atomic mass is 14.7. The van der Waals surface area contributed by atoms with Crippen LogP contribution < -0.4 is 0 Å². The summed E-state index contributed by atoms with van der Waals surface area (Å²) in [7, 11) is 0. The molecular formula is C69H12. The van der Waals surface area contributed by atoms with Crippen LogP contribution in [0.15, 0.2) is 11.1 Å². The first-order valence-electron chi connectivity index (χ1n) is 26.9. The van der Waals surface area contributed by atoms with E-state index < -0.39 is 0 Å². The molecular weight excluding hydrogens is 829 g/mol. The van der Waals surface area contributed by atoms with Crippen molar-refractivity contribution in [1.82, 2.24) is 0 Å². The van der Waals surface area contributed by atoms with E-state index in [2.05, 4.69) is 0 Å². The molecule has 7 aliphatic rings. The van der Waals surface area contributed by atoms with Gasteiger partial charge in [-0.05, 0) is 357 Å². The SMILES string of the molecule is C1C[C@H]2C[C@@H]1C1=C2CC23c4c5c6c7c8c9c(c%10c%11c2c2c4c4c%12c5c5c6c6c8c8c%13c9c9c%10c%10c%11c%11c2c2c4c4c%12c%12c5c5c6c8c6c8c%13c9c9c%10c%10c%11c2c2c4c4c%12c5c6c5c8c9c%10c2c45)C73C1. The molecule has 2 atom stereocenters. The van der Waals surface area contributed by atoms with E-state index in [1.807, 2.05) is 33.4 Å². The molecule has 0 heteroatoms. The molecule has 0 radical (unpaired) electrons. The third-order valence-electron chi connectivity index (χ3n) is 27.4. The first-order chi connectivity index (χ1) is 34.4. The van der Waals surface area contributed by atoms with E-state index in [1.165, 1.54) is 32.1 Å². The van der Waals surface area contributed by atoms with Gasteiger partial charge >= 0.3 is 0 Å². The third-order valence-corrected chi connectivity index (χ3v) is 27.4. The molecule has 28 aromatic carbocycles. The lowest BCUT2D eigenvalue weighted by molar-refractivity contribution is 0.280. The molecule has 0 aliphatic heterocycles. The van der Waals surface area contributed by atoms with Gasteiger partial charge in [0.2, 0.25) is 0 Å². The molecule has 2 spiro atoms. The number of benzene rings is 18. The molecule has 7 aliphatic carbocycles. The second-order valence-corrected chi connectivity index (χ2v) is 27.2. The van der Waals surface area contributed by atoms with Crippen LogP contribution in [0.25, 0.3) is 291 Å². The number of hydrogen-bond acceptors (Lipinski definition) is 0. The Hall–Kier alpha value is -7.80. The second-order valence-electron chi connectivity index (χ2n) is 27.2. The lowest BCUT2D eigenvalue weighted by Gasteiger charge is -2.58. The van der Waals surface area contributed by atoms with Crippen molar-refractivity contribution in [3.63, 3.8) is 0 Å². The average Bonchev–Trinajstić information content (AvgIpc) is 4.20. The molecule has 288 valence electrons. The molecule has 0 heterocycles. The maximum Gasteiger partial charge on any atom is 0.0406 e. The van der Waals surface area contributed by atoms with E-state index >= 15 is 0 Å². The first kappa shape index (κ1) is 25.0. The molecule has 1 fully saturated rings. The molecule has 0 nitrogen and oxygen atoms in total. The van der Waals surface area contributed by atoms with Gasteiger partial charge in [0.05, 0.1) is 0 Å². The Morgan fingerprint density at radius 1 is 0.174 bits per heavy atom. The molecule has 2 bridgehead atoms. The molecule has 28 aromatic rings. The normalized spacial score (nSPS) is 26.6. The van der Waals surface area contributed by atoms with Crippen LogP contribution in [0.5, 0.6) is 0 Å². The molecule has 0 aromatic heterocycles. The lowest BCUT2D eigenvalue weighted by Crippen LogP contribution is -2.54. The summed E-state index contributed by atoms with van der Waals surface area (Å²) < 4.78 is 0. The van der Waals surface area contributed by atoms with Crippen molar-refractivity contribution in [3.8, 4) is 0 Å². The summed E-state index contributed by atoms with van der Waals surface area (Å²) >= 11 is 0. The Morgan fingerprint density at radius 3 is 0.449 bits per heavy atom. The monoisotopic (exact) mass is 840 g/mol. The molecule has 0 N–H and O–H groups in total. The fourth-order valence-corrected chi connectivity index (χ4v) is 27.4. The van der Waals surface area contributed by atoms with Crippen LogP contribution >= 0.6 is 0 Å². The van der Waals surface area contributed by atoms with Crippen LogP contribution in [-0.4, -0.2) is 0 Å². The van der Waals surface area contributed by atoms with Gasteiger partial charge in [0, 0.05) is 10.8 Å². The van der Waals surface area contributed by atoms with Crippen molar-refractivity contribution in [2.45, 2.75) is 42.9 Å². The van der Waals surface area contributed by atoms with Gasteiger partial charge in [0.25, 0.3) is 0 Å². The maximum atomic E-state index is 1.97. The number of fused-ring (bicyclic) bond motifs is 4. The smallest absolute Gasteiger partial charge is 0.0406 e. The van der Waals surface area contributed by atoms with Crippen LogP contribution in [-0.2, 0) is 10.8 Å². The molecule has 35 rings (SSSR count). The quantitative estimate of drug-likeness (QED) is 0.105. The van der Waals surface area contributed by atoms with Crippen molar-refractivity contribution in [3.05, 3.63) is 33.4 Å². The summed E-state index contributed by atoms with van der Waals surface area (Å²) in [6.07, 6.45) is 6.86. The Labute approximate surface area is 377 Å². The van der Waals surface area contributed by atoms with Gasteiger partial charge < -0.3 is 0 Å². The molecule has 0 unspecified atom stereocenters. The van der Waals surface area contributed by atoms with Gasteiger partial charge in [-0.2, -0.15) is 0 Å². The van der Waals surface area contributed by atoms with E-state index in [0.29, 0.717) is 0 Å². The number of allylic oxidation sites excluding steroid dienone is 2. The Kier molecular flexibility index (Phi) is 2.01. The number of hydrogen-bond donors (Lipinski definition) is 0. The standard InChI is InChI=1S/C69H12/c1-2-7-3-6(1)8-4-68-64-56-48-38-28-20-12-10-11-14-18-16(12)24-32-26(18)36-30-22(14)23-15(11)19-17-13(10)21(20)29-35-25(17)33-27(19)37-31(23)41-40(30)50-44(36)54-46(32)52(42(48)34(24)28)60(64)62(54)66-58(50)59-51(41)45(37)55-47(33)53-43(35)49(39(29)38)57(56)65(68)61(53)63(55)67(59)69(66,68)5-9(7)8/h6-7H,1-5H2/t6-,7+,68?,69?. The largest absolute Gasteiger partial charge is 0.0663 e. The van der Waals surface area contributed by atoms with Crippen molar-refractivity contribution in [2.24, 2.45) is 11.8 Å². The van der Waals surface area contributed by atoms with E-state index in [4.69, 9.17) is 0 Å². The van der Waals surface area contributed by atoms with E-state index in [-0.39, 0.29) is 10.8 Å². The van der Waals surface area contributed by atoms with E-state index in [0.717, 1.165) is 11.8 Å². The maximum absolute atomic E-state index is 1.97. The van der Waals surface area contributed by atoms with Gasteiger partial charge in [-0.25, -0.2) is 0 Å². The zero-order valence-corrected chi connectivity index (χ0v) is 35.7. The summed E-state index contributed by atoms with van der Waals surface area (Å²) in [5, 5.41) is 92.9. The van der Waals surface area contributed by atoms with Crippen molar-refractivity contribution in [1.29, 1.82) is 0 Å². The first-order valence-corrected chi connectivity index (χ1v) is 26.9. The van der Waals surface area contributed by atoms with Crippen LogP contribution in [0.4, 0.5) is 0 Å². The Bertz CT molecular complexity index is 6700. The highest BCUT2D eigenvalue weighted by Crippen LogP contribution is 2.87. The van der Waals surface area contributed by atoms with Crippen LogP contribution in [0, 0.1) is 11.8 Å². The highest BCUT2D eigenvalue weighted by Gasteiger charge is 2.72. The molecule has 69 heavy (non-hydrogen) atoms. The van der Waals surface area contributed by atoms with Gasteiger partial charge in [0.1, 0.15) is 0 Å². The summed E-state index contributed by atoms with van der Waals surface area (Å²) in [6, 6.07) is 0. The fourth-order valence-electron chi connectivity index (χ4n) is 27.4. The average molecular weight is 841 g/mol. The van der Waals surface area contributed by atoms with Gasteiger partial charge in [0.15, 0.2) is 0 Å². The highest BCUT2D eigenvalue weighted by molar-refractivity contribution is 6.82. The van der Waals surface area contributed by atoms with Crippen LogP contribution in [0.1, 0.15) is 54.4 Å². The third kappa shape index (κ3) is 1.30. The summed E-state index contributed by atoms with van der Waals surface area (Å²) in [4.78, 5) is 0. The van der Waals surface area contributed by atoms with Crippen molar-refractivity contribution in [2.75, 3.05) is 0 Å².